The van der Waals surface area contributed by atoms with Gasteiger partial charge < -0.3 is 15.4 Å². The zero-order chi connectivity index (χ0) is 15.5. The number of ether oxygens (including phenoxy) is 1. The van der Waals surface area contributed by atoms with Crippen LogP contribution >= 0.6 is 0 Å². The van der Waals surface area contributed by atoms with E-state index >= 15 is 0 Å². The van der Waals surface area contributed by atoms with Crippen molar-refractivity contribution in [3.8, 4) is 0 Å². The molecule has 0 radical (unpaired) electrons. The summed E-state index contributed by atoms with van der Waals surface area (Å²) < 4.78 is 5.39. The number of carbonyl (C=O) groups excluding carboxylic acids is 1. The second-order valence-electron chi connectivity index (χ2n) is 6.45. The Morgan fingerprint density at radius 3 is 2.50 bits per heavy atom. The standard InChI is InChI=1S/C17H25N3O2/c1-13-10-19(12-16(13)17(18)21)11-14-2-4-15(5-3-14)20-6-8-22-9-7-20/h2-5,13,16H,6-12H2,1H3,(H2,18,21)/t13-,16-/m1/s1. The Kier molecular flexibility index (Phi) is 4.64. The van der Waals surface area contributed by atoms with E-state index in [1.807, 2.05) is 0 Å². The van der Waals surface area contributed by atoms with Gasteiger partial charge in [0.05, 0.1) is 19.1 Å². The predicted molar refractivity (Wildman–Crippen MR) is 86.6 cm³/mol. The molecule has 5 heteroatoms. The molecule has 0 saturated carbocycles. The van der Waals surface area contributed by atoms with Gasteiger partial charge in [-0.05, 0) is 23.6 Å². The molecule has 1 aromatic rings. The van der Waals surface area contributed by atoms with Crippen LogP contribution in [-0.4, -0.2) is 50.2 Å². The molecule has 1 amide bonds. The molecule has 1 aromatic carbocycles. The molecule has 2 heterocycles. The highest BCUT2D eigenvalue weighted by atomic mass is 16.5. The summed E-state index contributed by atoms with van der Waals surface area (Å²) in [5.41, 5.74) is 8.01. The van der Waals surface area contributed by atoms with Crippen molar-refractivity contribution in [3.05, 3.63) is 29.8 Å². The molecular formula is C17H25N3O2. The summed E-state index contributed by atoms with van der Waals surface area (Å²) in [6.45, 7) is 8.26. The average molecular weight is 303 g/mol. The highest BCUT2D eigenvalue weighted by molar-refractivity contribution is 5.77. The van der Waals surface area contributed by atoms with E-state index in [0.717, 1.165) is 45.9 Å². The third-order valence-electron chi connectivity index (χ3n) is 4.77. The lowest BCUT2D eigenvalue weighted by Gasteiger charge is -2.29. The molecule has 2 fully saturated rings. The Bertz CT molecular complexity index is 511. The lowest BCUT2D eigenvalue weighted by molar-refractivity contribution is -0.122. The molecule has 2 atom stereocenters. The fraction of sp³-hybridized carbons (Fsp3) is 0.588. The van der Waals surface area contributed by atoms with Crippen molar-refractivity contribution >= 4 is 11.6 Å². The molecule has 0 aromatic heterocycles. The first-order valence-corrected chi connectivity index (χ1v) is 8.07. The Morgan fingerprint density at radius 1 is 1.23 bits per heavy atom. The quantitative estimate of drug-likeness (QED) is 0.904. The number of hydrogen-bond donors (Lipinski definition) is 1. The third-order valence-corrected chi connectivity index (χ3v) is 4.77. The maximum absolute atomic E-state index is 11.4. The Labute approximate surface area is 132 Å². The number of rotatable bonds is 4. The van der Waals surface area contributed by atoms with Gasteiger partial charge in [-0.2, -0.15) is 0 Å². The lowest BCUT2D eigenvalue weighted by Crippen LogP contribution is -2.36. The summed E-state index contributed by atoms with van der Waals surface area (Å²) >= 11 is 0. The molecule has 5 nitrogen and oxygen atoms in total. The van der Waals surface area contributed by atoms with E-state index in [-0.39, 0.29) is 11.8 Å². The number of amides is 1. The van der Waals surface area contributed by atoms with Gasteiger partial charge in [0, 0.05) is 38.4 Å². The maximum Gasteiger partial charge on any atom is 0.222 e. The Balaban J connectivity index is 1.58. The smallest absolute Gasteiger partial charge is 0.222 e. The second kappa shape index (κ2) is 6.67. The van der Waals surface area contributed by atoms with Crippen LogP contribution in [0.2, 0.25) is 0 Å². The molecule has 22 heavy (non-hydrogen) atoms. The summed E-state index contributed by atoms with van der Waals surface area (Å²) in [5.74, 6) is 0.176. The average Bonchev–Trinajstić information content (AvgIpc) is 2.90. The molecule has 120 valence electrons. The normalized spacial score (nSPS) is 26.3. The summed E-state index contributed by atoms with van der Waals surface area (Å²) in [6.07, 6.45) is 0. The van der Waals surface area contributed by atoms with Crippen molar-refractivity contribution in [1.82, 2.24) is 4.90 Å². The van der Waals surface area contributed by atoms with Crippen molar-refractivity contribution < 1.29 is 9.53 Å². The highest BCUT2D eigenvalue weighted by Crippen LogP contribution is 2.25. The van der Waals surface area contributed by atoms with Gasteiger partial charge in [-0.15, -0.1) is 0 Å². The highest BCUT2D eigenvalue weighted by Gasteiger charge is 2.33. The van der Waals surface area contributed by atoms with Crippen molar-refractivity contribution in [1.29, 1.82) is 0 Å². The minimum atomic E-state index is -0.169. The SMILES string of the molecule is C[C@@H]1CN(Cc2ccc(N3CCOCC3)cc2)C[C@H]1C(N)=O. The van der Waals surface area contributed by atoms with Crippen LogP contribution in [0.5, 0.6) is 0 Å². The number of morpholine rings is 1. The monoisotopic (exact) mass is 303 g/mol. The van der Waals surface area contributed by atoms with Crippen molar-refractivity contribution in [3.63, 3.8) is 0 Å². The second-order valence-corrected chi connectivity index (χ2v) is 6.45. The van der Waals surface area contributed by atoms with Crippen LogP contribution in [0.25, 0.3) is 0 Å². The lowest BCUT2D eigenvalue weighted by atomic mass is 9.98. The first-order chi connectivity index (χ1) is 10.6. The van der Waals surface area contributed by atoms with Crippen LogP contribution < -0.4 is 10.6 Å². The van der Waals surface area contributed by atoms with E-state index in [1.165, 1.54) is 11.3 Å². The molecule has 2 N–H and O–H groups in total. The number of nitrogens with zero attached hydrogens (tertiary/aromatic N) is 2. The fourth-order valence-corrected chi connectivity index (χ4v) is 3.46. The van der Waals surface area contributed by atoms with Gasteiger partial charge in [0.15, 0.2) is 0 Å². The summed E-state index contributed by atoms with van der Waals surface area (Å²) in [4.78, 5) is 16.1. The summed E-state index contributed by atoms with van der Waals surface area (Å²) in [7, 11) is 0. The summed E-state index contributed by atoms with van der Waals surface area (Å²) in [6, 6.07) is 8.75. The minimum Gasteiger partial charge on any atom is -0.378 e. The van der Waals surface area contributed by atoms with Crippen LogP contribution in [0.15, 0.2) is 24.3 Å². The number of hydrogen-bond acceptors (Lipinski definition) is 4. The third kappa shape index (κ3) is 3.42. The van der Waals surface area contributed by atoms with Crippen molar-refractivity contribution in [2.45, 2.75) is 13.5 Å². The van der Waals surface area contributed by atoms with E-state index in [2.05, 4.69) is 41.0 Å². The first-order valence-electron chi connectivity index (χ1n) is 8.07. The molecule has 3 rings (SSSR count). The van der Waals surface area contributed by atoms with Gasteiger partial charge in [0.2, 0.25) is 5.91 Å². The number of likely N-dealkylation sites (tertiary alicyclic amines) is 1. The van der Waals surface area contributed by atoms with Crippen LogP contribution in [0.3, 0.4) is 0 Å². The topological polar surface area (TPSA) is 58.8 Å². The van der Waals surface area contributed by atoms with E-state index in [0.29, 0.717) is 5.92 Å². The molecule has 2 aliphatic heterocycles. The van der Waals surface area contributed by atoms with Gasteiger partial charge in [0.25, 0.3) is 0 Å². The van der Waals surface area contributed by atoms with Crippen LogP contribution in [0, 0.1) is 11.8 Å². The largest absolute Gasteiger partial charge is 0.378 e. The fourth-order valence-electron chi connectivity index (χ4n) is 3.46. The first kappa shape index (κ1) is 15.3. The molecule has 2 aliphatic rings. The number of nitrogens with two attached hydrogens (primary N) is 1. The van der Waals surface area contributed by atoms with Gasteiger partial charge >= 0.3 is 0 Å². The zero-order valence-corrected chi connectivity index (χ0v) is 13.2. The minimum absolute atomic E-state index is 0.00683. The predicted octanol–water partition coefficient (Wildman–Crippen LogP) is 1.08. The van der Waals surface area contributed by atoms with Crippen molar-refractivity contribution in [2.75, 3.05) is 44.3 Å². The van der Waals surface area contributed by atoms with Gasteiger partial charge in [-0.25, -0.2) is 0 Å². The molecule has 0 spiro atoms. The number of primary amides is 1. The van der Waals surface area contributed by atoms with E-state index in [1.54, 1.807) is 0 Å². The molecule has 0 unspecified atom stereocenters. The maximum atomic E-state index is 11.4. The van der Waals surface area contributed by atoms with E-state index in [9.17, 15) is 4.79 Å². The van der Waals surface area contributed by atoms with E-state index in [4.69, 9.17) is 10.5 Å². The number of benzene rings is 1. The van der Waals surface area contributed by atoms with Gasteiger partial charge in [-0.1, -0.05) is 19.1 Å². The van der Waals surface area contributed by atoms with Crippen molar-refractivity contribution in [2.24, 2.45) is 17.6 Å². The number of anilines is 1. The molecule has 0 bridgehead atoms. The van der Waals surface area contributed by atoms with E-state index < -0.39 is 0 Å². The van der Waals surface area contributed by atoms with Crippen LogP contribution in [0.4, 0.5) is 5.69 Å². The zero-order valence-electron chi connectivity index (χ0n) is 13.2. The molecule has 0 aliphatic carbocycles. The molecule has 2 saturated heterocycles. The van der Waals surface area contributed by atoms with Gasteiger partial charge in [-0.3, -0.25) is 9.69 Å². The Morgan fingerprint density at radius 2 is 1.91 bits per heavy atom. The van der Waals surface area contributed by atoms with Gasteiger partial charge in [0.1, 0.15) is 0 Å². The molecular weight excluding hydrogens is 278 g/mol. The Hall–Kier alpha value is -1.59. The summed E-state index contributed by atoms with van der Waals surface area (Å²) in [5, 5.41) is 0. The van der Waals surface area contributed by atoms with Crippen LogP contribution in [-0.2, 0) is 16.1 Å². The number of carbonyl (C=O) groups is 1. The van der Waals surface area contributed by atoms with Crippen LogP contribution in [0.1, 0.15) is 12.5 Å².